The molecule has 1 amide bonds. The van der Waals surface area contributed by atoms with Gasteiger partial charge in [-0.2, -0.15) is 4.68 Å². The average Bonchev–Trinajstić information content (AvgIpc) is 3.31. The van der Waals surface area contributed by atoms with Crippen LogP contribution in [-0.2, 0) is 10.5 Å². The fourth-order valence-electron chi connectivity index (χ4n) is 3.18. The molecule has 0 fully saturated rings. The number of thioether (sulfide) groups is 1. The zero-order valence-electron chi connectivity index (χ0n) is 17.6. The predicted octanol–water partition coefficient (Wildman–Crippen LogP) is 4.16. The highest BCUT2D eigenvalue weighted by Gasteiger charge is 2.18. The molecule has 1 aromatic carbocycles. The second-order valence-electron chi connectivity index (χ2n) is 7.21. The number of oxazole rings is 1. The summed E-state index contributed by atoms with van der Waals surface area (Å²) in [5, 5.41) is 0.393. The number of carbonyl (C=O) groups excluding carboxylic acids is 1. The molecule has 4 rings (SSSR count). The van der Waals surface area contributed by atoms with E-state index >= 15 is 0 Å². The number of nitrogens with zero attached hydrogens (tertiary/aromatic N) is 3. The van der Waals surface area contributed by atoms with Gasteiger partial charge in [0, 0.05) is 23.4 Å². The highest BCUT2D eigenvalue weighted by Crippen LogP contribution is 2.27. The monoisotopic (exact) mass is 437 g/mol. The van der Waals surface area contributed by atoms with Crippen LogP contribution in [0.3, 0.4) is 0 Å². The number of aromatic nitrogens is 4. The lowest BCUT2D eigenvalue weighted by atomic mass is 10.2. The topological polar surface area (TPSA) is 106 Å². The number of rotatable bonds is 7. The van der Waals surface area contributed by atoms with Crippen LogP contribution in [0.4, 0.5) is 0 Å². The molecule has 9 heteroatoms. The van der Waals surface area contributed by atoms with Crippen molar-refractivity contribution in [2.45, 2.75) is 44.5 Å². The SMILES string of the molecule is CCCC(=O)Nn1c(SCc2nc(-c3ccccc3)oc2C)nc2cc(C)[nH]c2c1=O. The van der Waals surface area contributed by atoms with Gasteiger partial charge in [0.05, 0.1) is 11.2 Å². The third-order valence-electron chi connectivity index (χ3n) is 4.72. The van der Waals surface area contributed by atoms with Gasteiger partial charge in [-0.25, -0.2) is 9.97 Å². The van der Waals surface area contributed by atoms with Crippen LogP contribution in [0.2, 0.25) is 0 Å². The van der Waals surface area contributed by atoms with E-state index in [0.29, 0.717) is 46.4 Å². The lowest BCUT2D eigenvalue weighted by Gasteiger charge is -2.12. The summed E-state index contributed by atoms with van der Waals surface area (Å²) in [7, 11) is 0. The average molecular weight is 438 g/mol. The second-order valence-corrected chi connectivity index (χ2v) is 8.15. The molecule has 3 heterocycles. The van der Waals surface area contributed by atoms with Crippen molar-refractivity contribution >= 4 is 28.7 Å². The normalized spacial score (nSPS) is 11.2. The molecule has 0 spiro atoms. The first-order valence-corrected chi connectivity index (χ1v) is 11.0. The van der Waals surface area contributed by atoms with E-state index in [1.54, 1.807) is 0 Å². The summed E-state index contributed by atoms with van der Waals surface area (Å²) in [6.45, 7) is 5.63. The van der Waals surface area contributed by atoms with E-state index in [0.717, 1.165) is 17.0 Å². The van der Waals surface area contributed by atoms with Crippen molar-refractivity contribution in [1.29, 1.82) is 0 Å². The number of hydrogen-bond acceptors (Lipinski definition) is 6. The summed E-state index contributed by atoms with van der Waals surface area (Å²) in [5.41, 5.74) is 5.75. The van der Waals surface area contributed by atoms with Gasteiger partial charge < -0.3 is 9.40 Å². The smallest absolute Gasteiger partial charge is 0.297 e. The van der Waals surface area contributed by atoms with Crippen molar-refractivity contribution in [2.75, 3.05) is 5.43 Å². The van der Waals surface area contributed by atoms with Gasteiger partial charge in [-0.3, -0.25) is 15.0 Å². The van der Waals surface area contributed by atoms with Gasteiger partial charge in [-0.1, -0.05) is 36.9 Å². The number of benzene rings is 1. The number of aromatic amines is 1. The largest absolute Gasteiger partial charge is 0.441 e. The maximum atomic E-state index is 13.0. The Morgan fingerprint density at radius 1 is 1.23 bits per heavy atom. The van der Waals surface area contributed by atoms with Crippen LogP contribution in [0.25, 0.3) is 22.5 Å². The minimum absolute atomic E-state index is 0.236. The third-order valence-corrected chi connectivity index (χ3v) is 5.67. The Morgan fingerprint density at radius 3 is 2.74 bits per heavy atom. The molecular weight excluding hydrogens is 414 g/mol. The highest BCUT2D eigenvalue weighted by molar-refractivity contribution is 7.98. The maximum Gasteiger partial charge on any atom is 0.297 e. The first kappa shape index (κ1) is 20.9. The van der Waals surface area contributed by atoms with Crippen molar-refractivity contribution in [3.63, 3.8) is 0 Å². The standard InChI is InChI=1S/C22H23N5O3S/c1-4-8-18(28)26-27-21(29)19-16(11-13(2)23-19)25-22(27)31-12-17-14(3)30-20(24-17)15-9-6-5-7-10-15/h5-7,9-11,23H,4,8,12H2,1-3H3,(H,26,28). The number of H-pyrrole nitrogens is 1. The third kappa shape index (κ3) is 4.41. The molecule has 31 heavy (non-hydrogen) atoms. The van der Waals surface area contributed by atoms with Crippen LogP contribution < -0.4 is 11.0 Å². The molecule has 4 aromatic rings. The van der Waals surface area contributed by atoms with Crippen LogP contribution in [0.5, 0.6) is 0 Å². The Kier molecular flexibility index (Phi) is 5.94. The van der Waals surface area contributed by atoms with Crippen molar-refractivity contribution in [3.05, 3.63) is 63.9 Å². The lowest BCUT2D eigenvalue weighted by Crippen LogP contribution is -2.35. The Balaban J connectivity index is 1.65. The number of hydrogen-bond donors (Lipinski definition) is 2. The number of carbonyl (C=O) groups is 1. The Labute approximate surface area is 183 Å². The van der Waals surface area contributed by atoms with Gasteiger partial charge in [0.25, 0.3) is 5.56 Å². The summed E-state index contributed by atoms with van der Waals surface area (Å²) in [4.78, 5) is 37.4. The Bertz CT molecular complexity index is 1290. The van der Waals surface area contributed by atoms with E-state index < -0.39 is 0 Å². The van der Waals surface area contributed by atoms with Crippen LogP contribution in [-0.4, -0.2) is 25.5 Å². The van der Waals surface area contributed by atoms with Crippen molar-refractivity contribution in [3.8, 4) is 11.5 Å². The van der Waals surface area contributed by atoms with E-state index in [9.17, 15) is 9.59 Å². The van der Waals surface area contributed by atoms with Crippen LogP contribution >= 0.6 is 11.8 Å². The molecule has 0 unspecified atom stereocenters. The minimum atomic E-state index is -0.341. The van der Waals surface area contributed by atoms with Crippen molar-refractivity contribution in [2.24, 2.45) is 0 Å². The number of aryl methyl sites for hydroxylation is 2. The molecule has 0 aliphatic carbocycles. The number of nitrogens with one attached hydrogen (secondary N) is 2. The molecule has 0 atom stereocenters. The van der Waals surface area contributed by atoms with E-state index in [2.05, 4.69) is 20.4 Å². The fourth-order valence-corrected chi connectivity index (χ4v) is 4.13. The molecule has 0 bridgehead atoms. The molecular formula is C22H23N5O3S. The molecule has 2 N–H and O–H groups in total. The fraction of sp³-hybridized carbons (Fsp3) is 0.273. The quantitative estimate of drug-likeness (QED) is 0.332. The maximum absolute atomic E-state index is 13.0. The van der Waals surface area contributed by atoms with E-state index in [-0.39, 0.29) is 11.5 Å². The zero-order valence-corrected chi connectivity index (χ0v) is 18.4. The number of fused-ring (bicyclic) bond motifs is 1. The van der Waals surface area contributed by atoms with Gasteiger partial charge in [-0.05, 0) is 38.5 Å². The summed E-state index contributed by atoms with van der Waals surface area (Å²) >= 11 is 1.32. The molecule has 0 aliphatic rings. The van der Waals surface area contributed by atoms with Crippen LogP contribution in [0.15, 0.2) is 50.8 Å². The predicted molar refractivity (Wildman–Crippen MR) is 121 cm³/mol. The van der Waals surface area contributed by atoms with Crippen molar-refractivity contribution in [1.82, 2.24) is 19.6 Å². The van der Waals surface area contributed by atoms with Gasteiger partial charge in [-0.15, -0.1) is 0 Å². The number of amides is 1. The molecule has 0 saturated carbocycles. The summed E-state index contributed by atoms with van der Waals surface area (Å²) in [6.07, 6.45) is 1.00. The summed E-state index contributed by atoms with van der Waals surface area (Å²) in [6, 6.07) is 11.5. The second kappa shape index (κ2) is 8.81. The van der Waals surface area contributed by atoms with Crippen LogP contribution in [0.1, 0.15) is 36.9 Å². The Hall–Kier alpha value is -3.33. The van der Waals surface area contributed by atoms with Crippen LogP contribution in [0, 0.1) is 13.8 Å². The van der Waals surface area contributed by atoms with E-state index in [1.807, 2.05) is 57.2 Å². The summed E-state index contributed by atoms with van der Waals surface area (Å²) in [5.74, 6) is 1.45. The van der Waals surface area contributed by atoms with E-state index in [1.165, 1.54) is 16.4 Å². The van der Waals surface area contributed by atoms with Crippen molar-refractivity contribution < 1.29 is 9.21 Å². The first-order chi connectivity index (χ1) is 15.0. The molecule has 160 valence electrons. The lowest BCUT2D eigenvalue weighted by molar-refractivity contribution is -0.117. The zero-order chi connectivity index (χ0) is 22.0. The first-order valence-electron chi connectivity index (χ1n) is 10.0. The molecule has 0 saturated heterocycles. The highest BCUT2D eigenvalue weighted by atomic mass is 32.2. The van der Waals surface area contributed by atoms with Gasteiger partial charge in [0.2, 0.25) is 11.8 Å². The molecule has 3 aromatic heterocycles. The molecule has 0 radical (unpaired) electrons. The van der Waals surface area contributed by atoms with Gasteiger partial charge in [0.1, 0.15) is 11.3 Å². The Morgan fingerprint density at radius 2 is 2.00 bits per heavy atom. The molecule has 8 nitrogen and oxygen atoms in total. The summed E-state index contributed by atoms with van der Waals surface area (Å²) < 4.78 is 7.04. The van der Waals surface area contributed by atoms with Gasteiger partial charge >= 0.3 is 0 Å². The van der Waals surface area contributed by atoms with Gasteiger partial charge in [0.15, 0.2) is 5.16 Å². The van der Waals surface area contributed by atoms with E-state index in [4.69, 9.17) is 4.42 Å². The molecule has 0 aliphatic heterocycles. The minimum Gasteiger partial charge on any atom is -0.441 e.